The van der Waals surface area contributed by atoms with Gasteiger partial charge in [0.2, 0.25) is 0 Å². The van der Waals surface area contributed by atoms with E-state index in [1.54, 1.807) is 44.7 Å². The number of nitrogens with one attached hydrogen (secondary N) is 1. The largest absolute Gasteiger partial charge is 0.507 e. The van der Waals surface area contributed by atoms with E-state index in [-0.39, 0.29) is 50.6 Å². The van der Waals surface area contributed by atoms with Gasteiger partial charge >= 0.3 is 5.79 Å². The van der Waals surface area contributed by atoms with Gasteiger partial charge in [0.05, 0.1) is 47.3 Å². The maximum Gasteiger partial charge on any atom is 0.312 e. The number of fused-ring (bicyclic) bond motifs is 14. The summed E-state index contributed by atoms with van der Waals surface area (Å²) in [5.74, 6) is -7.25. The second-order valence-electron chi connectivity index (χ2n) is 14.7. The van der Waals surface area contributed by atoms with Crippen molar-refractivity contribution >= 4 is 34.1 Å². The summed E-state index contributed by atoms with van der Waals surface area (Å²) in [6.45, 7) is 15.3. The van der Waals surface area contributed by atoms with Crippen LogP contribution in [0.15, 0.2) is 42.2 Å². The molecule has 3 aliphatic rings. The molecule has 2 aromatic rings. The number of nitrogens with zero attached hydrogens (tertiary/aromatic N) is 1. The SMILES string of the molecule is CCN(CC)C(=O)COc1cc2c(O)c3c(O)c(C)c4c(c13)C(=O)C(C)(O/C=C/C(OC)C(C)C(O)C(C)C(O)C(C)C(O)C(C)/C=C/C=C(\C)C(=O)N2)O4. The van der Waals surface area contributed by atoms with E-state index in [9.17, 15) is 39.9 Å². The smallest absolute Gasteiger partial charge is 0.312 e. The minimum atomic E-state index is -1.99. The fourth-order valence-corrected chi connectivity index (χ4v) is 7.16. The van der Waals surface area contributed by atoms with Crippen molar-refractivity contribution in [1.82, 2.24) is 4.90 Å². The molecule has 0 radical (unpaired) electrons. The van der Waals surface area contributed by atoms with E-state index in [4.69, 9.17) is 18.9 Å². The van der Waals surface area contributed by atoms with Gasteiger partial charge in [0, 0.05) is 73.4 Å². The molecule has 14 heteroatoms. The summed E-state index contributed by atoms with van der Waals surface area (Å²) in [6, 6.07) is 1.27. The lowest BCUT2D eigenvalue weighted by Crippen LogP contribution is -2.44. The molecule has 5 rings (SSSR count). The lowest BCUT2D eigenvalue weighted by atomic mass is 9.78. The number of likely N-dealkylation sites (N-methyl/N-ethyl adjacent to an activating group) is 1. The zero-order valence-corrected chi connectivity index (χ0v) is 33.2. The molecule has 2 amide bonds. The third-order valence-electron chi connectivity index (χ3n) is 11.0. The van der Waals surface area contributed by atoms with E-state index in [0.717, 1.165) is 0 Å². The van der Waals surface area contributed by atoms with Crippen LogP contribution in [0.25, 0.3) is 10.8 Å². The molecule has 3 heterocycles. The Bertz CT molecular complexity index is 1870. The van der Waals surface area contributed by atoms with Crippen molar-refractivity contribution in [2.24, 2.45) is 23.7 Å². The Morgan fingerprint density at radius 2 is 1.55 bits per heavy atom. The van der Waals surface area contributed by atoms with Crippen LogP contribution in [0.4, 0.5) is 5.69 Å². The predicted octanol–water partition coefficient (Wildman–Crippen LogP) is 4.72. The van der Waals surface area contributed by atoms with E-state index < -0.39 is 83.7 Å². The van der Waals surface area contributed by atoms with Crippen LogP contribution in [0.3, 0.4) is 0 Å². The molecule has 55 heavy (non-hydrogen) atoms. The first kappa shape index (κ1) is 43.1. The number of methoxy groups -OCH3 is 1. The maximum atomic E-state index is 14.3. The number of ether oxygens (including phenoxy) is 4. The topological polar surface area (TPSA) is 205 Å². The molecular weight excluding hydrogens is 712 g/mol. The second kappa shape index (κ2) is 17.4. The number of aromatic hydroxyl groups is 2. The summed E-state index contributed by atoms with van der Waals surface area (Å²) in [5, 5.41) is 59.2. The van der Waals surface area contributed by atoms with E-state index in [1.807, 2.05) is 13.8 Å². The van der Waals surface area contributed by atoms with Crippen LogP contribution in [0, 0.1) is 30.6 Å². The van der Waals surface area contributed by atoms with E-state index in [0.29, 0.717) is 13.1 Å². The van der Waals surface area contributed by atoms with Gasteiger partial charge in [-0.25, -0.2) is 0 Å². The molecule has 9 atom stereocenters. The minimum absolute atomic E-state index is 0.0430. The zero-order chi connectivity index (χ0) is 41.1. The number of Topliss-reactive ketones (excluding diaryl/α,β-unsaturated/α-hetero) is 1. The molecule has 9 unspecified atom stereocenters. The summed E-state index contributed by atoms with van der Waals surface area (Å²) in [5.41, 5.74) is 0.0409. The first-order chi connectivity index (χ1) is 25.8. The number of aliphatic hydroxyl groups is 3. The maximum absolute atomic E-state index is 14.3. The van der Waals surface area contributed by atoms with Crippen LogP contribution >= 0.6 is 0 Å². The minimum Gasteiger partial charge on any atom is -0.507 e. The van der Waals surface area contributed by atoms with Gasteiger partial charge in [-0.15, -0.1) is 0 Å². The number of anilines is 1. The molecule has 0 saturated heterocycles. The third-order valence-corrected chi connectivity index (χ3v) is 11.0. The number of phenolic OH excluding ortho intramolecular Hbond substituents is 2. The van der Waals surface area contributed by atoms with Gasteiger partial charge < -0.3 is 54.7 Å². The molecule has 0 fully saturated rings. The van der Waals surface area contributed by atoms with E-state index in [2.05, 4.69) is 5.32 Å². The molecular formula is C41H56N2O12. The fraction of sp³-hybridized carbons (Fsp3) is 0.537. The van der Waals surface area contributed by atoms with Crippen LogP contribution < -0.4 is 14.8 Å². The van der Waals surface area contributed by atoms with Crippen LogP contribution in [-0.2, 0) is 19.1 Å². The van der Waals surface area contributed by atoms with Crippen molar-refractivity contribution < 1.29 is 58.9 Å². The van der Waals surface area contributed by atoms with Gasteiger partial charge in [-0.2, -0.15) is 0 Å². The number of allylic oxidation sites excluding steroid dienone is 2. The Balaban J connectivity index is 1.92. The second-order valence-corrected chi connectivity index (χ2v) is 14.7. The number of carbonyl (C=O) groups is 3. The molecule has 6 N–H and O–H groups in total. The summed E-state index contributed by atoms with van der Waals surface area (Å²) >= 11 is 0. The van der Waals surface area contributed by atoms with Gasteiger partial charge in [0.1, 0.15) is 17.2 Å². The summed E-state index contributed by atoms with van der Waals surface area (Å²) in [6.07, 6.45) is 3.52. The lowest BCUT2D eigenvalue weighted by Gasteiger charge is -2.36. The molecule has 14 nitrogen and oxygen atoms in total. The van der Waals surface area contributed by atoms with Crippen LogP contribution in [0.2, 0.25) is 0 Å². The van der Waals surface area contributed by atoms with Gasteiger partial charge in [0.25, 0.3) is 17.6 Å². The van der Waals surface area contributed by atoms with Gasteiger partial charge in [-0.3, -0.25) is 14.4 Å². The van der Waals surface area contributed by atoms with Gasteiger partial charge in [0.15, 0.2) is 12.4 Å². The number of ketones is 1. The number of benzene rings is 2. The Kier molecular flexibility index (Phi) is 13.7. The average molecular weight is 769 g/mol. The molecule has 0 aromatic heterocycles. The standard InChI is InChI=1S/C41H56N2O12/c1-11-43(12-2)29(44)19-53-28-18-26-37(49)31-30(28)32-38(25(8)36(31)48)55-41(9,39(32)50)54-17-16-27(52-10)22(5)34(46)24(7)35(47)23(6)33(45)20(3)14-13-15-21(4)40(51)42-26/h13-18,20,22-24,27,33-35,45-49H,11-12,19H2,1-10H3,(H,42,51)/b14-13+,17-16+,21-15+. The highest BCUT2D eigenvalue weighted by molar-refractivity contribution is 6.21. The van der Waals surface area contributed by atoms with Crippen molar-refractivity contribution in [3.05, 3.63) is 53.3 Å². The fourth-order valence-electron chi connectivity index (χ4n) is 7.16. The number of amides is 2. The quantitative estimate of drug-likeness (QED) is 0.221. The summed E-state index contributed by atoms with van der Waals surface area (Å²) < 4.78 is 23.7. The highest BCUT2D eigenvalue weighted by Crippen LogP contribution is 2.54. The van der Waals surface area contributed by atoms with Crippen molar-refractivity contribution in [1.29, 1.82) is 0 Å². The van der Waals surface area contributed by atoms with Gasteiger partial charge in [-0.05, 0) is 33.8 Å². The monoisotopic (exact) mass is 768 g/mol. The molecule has 3 aliphatic heterocycles. The number of hydrogen-bond acceptors (Lipinski definition) is 12. The molecule has 0 saturated carbocycles. The number of aliphatic hydroxyl groups excluding tert-OH is 3. The van der Waals surface area contributed by atoms with Crippen molar-refractivity contribution in [2.45, 2.75) is 92.5 Å². The van der Waals surface area contributed by atoms with Gasteiger partial charge in [-0.1, -0.05) is 45.9 Å². The first-order valence-corrected chi connectivity index (χ1v) is 18.6. The Morgan fingerprint density at radius 3 is 2.16 bits per heavy atom. The zero-order valence-electron chi connectivity index (χ0n) is 33.2. The number of carbonyl (C=O) groups excluding carboxylic acids is 3. The molecule has 2 aromatic carbocycles. The van der Waals surface area contributed by atoms with Crippen molar-refractivity contribution in [3.63, 3.8) is 0 Å². The number of phenols is 2. The Hall–Kier alpha value is -4.63. The van der Waals surface area contributed by atoms with Crippen molar-refractivity contribution in [2.75, 3.05) is 32.1 Å². The predicted molar refractivity (Wildman–Crippen MR) is 206 cm³/mol. The lowest BCUT2D eigenvalue weighted by molar-refractivity contribution is -0.132. The average Bonchev–Trinajstić information content (AvgIpc) is 3.43. The molecule has 0 spiro atoms. The first-order valence-electron chi connectivity index (χ1n) is 18.6. The summed E-state index contributed by atoms with van der Waals surface area (Å²) in [7, 11) is 1.44. The van der Waals surface area contributed by atoms with Crippen LogP contribution in [0.1, 0.15) is 71.3 Å². The Morgan fingerprint density at radius 1 is 0.927 bits per heavy atom. The van der Waals surface area contributed by atoms with Crippen molar-refractivity contribution in [3.8, 4) is 23.0 Å². The normalized spacial score (nSPS) is 31.3. The number of rotatable bonds is 6. The summed E-state index contributed by atoms with van der Waals surface area (Å²) in [4.78, 5) is 42.4. The van der Waals surface area contributed by atoms with E-state index in [1.165, 1.54) is 52.4 Å². The van der Waals surface area contributed by atoms with E-state index >= 15 is 0 Å². The highest BCUT2D eigenvalue weighted by atomic mass is 16.7. The molecule has 0 aliphatic carbocycles. The highest BCUT2D eigenvalue weighted by Gasteiger charge is 2.49. The van der Waals surface area contributed by atoms with Crippen LogP contribution in [0.5, 0.6) is 23.0 Å². The molecule has 302 valence electrons. The third kappa shape index (κ3) is 8.47. The molecule has 5 bridgehead atoms. The number of hydrogen-bond donors (Lipinski definition) is 6. The van der Waals surface area contributed by atoms with Crippen LogP contribution in [-0.4, -0.2) is 105 Å². The Labute approximate surface area is 322 Å².